The highest BCUT2D eigenvalue weighted by Gasteiger charge is 2.14. The first-order chi connectivity index (χ1) is 20.9. The molecule has 8 heteroatoms. The largest absolute Gasteiger partial charge is 0.297 e. The molecule has 0 saturated carbocycles. The molecule has 0 aliphatic heterocycles. The molecule has 0 aliphatic rings. The van der Waals surface area contributed by atoms with Crippen molar-refractivity contribution in [3.63, 3.8) is 0 Å². The van der Waals surface area contributed by atoms with Crippen LogP contribution in [-0.2, 0) is 30.6 Å². The topological polar surface area (TPSA) is 94.8 Å². The number of aryl methyl sites for hydroxylation is 1. The van der Waals surface area contributed by atoms with Crippen LogP contribution in [0.2, 0.25) is 0 Å². The molecule has 3 heterocycles. The molecule has 0 atom stereocenters. The first-order valence-corrected chi connectivity index (χ1v) is 14.7. The Morgan fingerprint density at radius 1 is 0.860 bits per heavy atom. The third kappa shape index (κ3) is 6.55. The molecular formula is C35H28N4O3S. The van der Waals surface area contributed by atoms with E-state index in [1.807, 2.05) is 67.6 Å². The van der Waals surface area contributed by atoms with Crippen LogP contribution in [0.5, 0.6) is 0 Å². The maximum Gasteiger partial charge on any atom is 0.268 e. The second-order valence-electron chi connectivity index (χ2n) is 10.5. The summed E-state index contributed by atoms with van der Waals surface area (Å²) in [4.78, 5) is 51.8. The van der Waals surface area contributed by atoms with Gasteiger partial charge in [0, 0.05) is 49.0 Å². The molecule has 0 amide bonds. The quantitative estimate of drug-likeness (QED) is 0.182. The van der Waals surface area contributed by atoms with Crippen molar-refractivity contribution in [3.8, 4) is 11.3 Å². The number of benzene rings is 3. The maximum atomic E-state index is 13.1. The third-order valence-electron chi connectivity index (χ3n) is 7.34. The Labute approximate surface area is 252 Å². The molecule has 0 saturated heterocycles. The zero-order chi connectivity index (χ0) is 29.8. The summed E-state index contributed by atoms with van der Waals surface area (Å²) in [5.41, 5.74) is 6.11. The Balaban J connectivity index is 1.09. The van der Waals surface area contributed by atoms with Gasteiger partial charge in [0.2, 0.25) is 0 Å². The van der Waals surface area contributed by atoms with Gasteiger partial charge >= 0.3 is 0 Å². The van der Waals surface area contributed by atoms with Crippen molar-refractivity contribution < 1.29 is 9.59 Å². The maximum absolute atomic E-state index is 13.1. The molecule has 0 radical (unpaired) electrons. The average molecular weight is 585 g/mol. The smallest absolute Gasteiger partial charge is 0.268 e. The number of fused-ring (bicyclic) bond motifs is 1. The summed E-state index contributed by atoms with van der Waals surface area (Å²) in [6.45, 7) is 2.08. The van der Waals surface area contributed by atoms with Gasteiger partial charge in [0.05, 0.1) is 22.3 Å². The molecule has 0 aliphatic carbocycles. The van der Waals surface area contributed by atoms with Crippen LogP contribution >= 0.6 is 11.5 Å². The van der Waals surface area contributed by atoms with Crippen LogP contribution in [0.15, 0.2) is 108 Å². The highest BCUT2D eigenvalue weighted by Crippen LogP contribution is 2.20. The molecule has 0 N–H and O–H groups in total. The van der Waals surface area contributed by atoms with Crippen LogP contribution < -0.4 is 5.56 Å². The Bertz CT molecular complexity index is 2000. The third-order valence-corrected chi connectivity index (χ3v) is 8.41. The predicted octanol–water partition coefficient (Wildman–Crippen LogP) is 6.05. The van der Waals surface area contributed by atoms with Crippen molar-refractivity contribution in [2.24, 2.45) is 0 Å². The molecule has 3 aromatic carbocycles. The van der Waals surface area contributed by atoms with Gasteiger partial charge in [-0.3, -0.25) is 23.3 Å². The van der Waals surface area contributed by atoms with Crippen molar-refractivity contribution >= 4 is 33.2 Å². The van der Waals surface area contributed by atoms with E-state index in [-0.39, 0.29) is 36.5 Å². The average Bonchev–Trinajstić information content (AvgIpc) is 3.34. The lowest BCUT2D eigenvalue weighted by molar-refractivity contribution is -0.118. The van der Waals surface area contributed by atoms with Crippen molar-refractivity contribution in [2.75, 3.05) is 0 Å². The number of ketones is 2. The summed E-state index contributed by atoms with van der Waals surface area (Å²) < 4.78 is 2.37. The van der Waals surface area contributed by atoms with Crippen molar-refractivity contribution in [3.05, 3.63) is 148 Å². The summed E-state index contributed by atoms with van der Waals surface area (Å²) in [5.74, 6) is 0.643. The second kappa shape index (κ2) is 12.4. The molecule has 7 nitrogen and oxygen atoms in total. The monoisotopic (exact) mass is 584 g/mol. The lowest BCUT2D eigenvalue weighted by atomic mass is 9.96. The number of aromatic nitrogens is 4. The number of nitrogens with zero attached hydrogens (tertiary/aromatic N) is 4. The normalized spacial score (nSPS) is 11.1. The fourth-order valence-electron chi connectivity index (χ4n) is 5.02. The van der Waals surface area contributed by atoms with E-state index in [0.717, 1.165) is 38.2 Å². The fourth-order valence-corrected chi connectivity index (χ4v) is 6.04. The van der Waals surface area contributed by atoms with Gasteiger partial charge in [0.1, 0.15) is 5.82 Å². The van der Waals surface area contributed by atoms with Crippen molar-refractivity contribution in [1.82, 2.24) is 18.9 Å². The highest BCUT2D eigenvalue weighted by atomic mass is 32.1. The Kier molecular flexibility index (Phi) is 8.11. The molecule has 6 rings (SSSR count). The van der Waals surface area contributed by atoms with Crippen LogP contribution in [0.4, 0.5) is 0 Å². The van der Waals surface area contributed by atoms with Gasteiger partial charge in [-0.25, -0.2) is 9.97 Å². The van der Waals surface area contributed by atoms with Gasteiger partial charge in [-0.1, -0.05) is 66.1 Å². The first kappa shape index (κ1) is 28.1. The van der Waals surface area contributed by atoms with Gasteiger partial charge in [-0.15, -0.1) is 0 Å². The van der Waals surface area contributed by atoms with E-state index in [1.54, 1.807) is 36.8 Å². The molecule has 0 bridgehead atoms. The number of rotatable bonds is 10. The SMILES string of the molecule is Cc1ccc(CC(=O)c2ccc(CC(=O)Cn3sc4ccccc4c3=O)cc2)cc1Cc1nccc(-c2cccnc2)n1. The lowest BCUT2D eigenvalue weighted by Crippen LogP contribution is -2.20. The fraction of sp³-hybridized carbons (Fsp3) is 0.143. The van der Waals surface area contributed by atoms with E-state index >= 15 is 0 Å². The number of carbonyl (C=O) groups excluding carboxylic acids is 2. The van der Waals surface area contributed by atoms with Crippen LogP contribution in [0.25, 0.3) is 21.3 Å². The summed E-state index contributed by atoms with van der Waals surface area (Å²) in [7, 11) is 0. The van der Waals surface area contributed by atoms with Crippen LogP contribution in [0, 0.1) is 6.92 Å². The first-order valence-electron chi connectivity index (χ1n) is 14.0. The molecule has 6 aromatic rings. The molecule has 0 unspecified atom stereocenters. The minimum atomic E-state index is -0.139. The van der Waals surface area contributed by atoms with E-state index in [1.165, 1.54) is 15.5 Å². The standard InChI is InChI=1S/C35H28N4O3S/c1-23-8-9-25(17-28(23)20-34-37-16-14-31(38-34)27-5-4-15-36-21-27)19-32(41)26-12-10-24(11-13-26)18-29(40)22-39-35(42)30-6-2-3-7-33(30)43-39/h2-17,21H,18-20,22H2,1H3. The number of hydrogen-bond acceptors (Lipinski definition) is 7. The van der Waals surface area contributed by atoms with E-state index in [0.29, 0.717) is 23.2 Å². The Hall–Kier alpha value is -5.08. The molecule has 212 valence electrons. The summed E-state index contributed by atoms with van der Waals surface area (Å²) in [5, 5.41) is 0.632. The minimum Gasteiger partial charge on any atom is -0.297 e. The van der Waals surface area contributed by atoms with E-state index in [2.05, 4.69) is 16.0 Å². The number of Topliss-reactive ketones (excluding diaryl/α,β-unsaturated/α-hetero) is 2. The van der Waals surface area contributed by atoms with Gasteiger partial charge in [0.25, 0.3) is 5.56 Å². The van der Waals surface area contributed by atoms with Crippen molar-refractivity contribution in [1.29, 1.82) is 0 Å². The second-order valence-corrected chi connectivity index (χ2v) is 11.5. The zero-order valence-corrected chi connectivity index (χ0v) is 24.4. The van der Waals surface area contributed by atoms with Gasteiger partial charge in [0.15, 0.2) is 11.6 Å². The summed E-state index contributed by atoms with van der Waals surface area (Å²) in [6, 6.07) is 26.3. The zero-order valence-electron chi connectivity index (χ0n) is 23.6. The van der Waals surface area contributed by atoms with Gasteiger partial charge < -0.3 is 0 Å². The number of carbonyl (C=O) groups is 2. The minimum absolute atomic E-state index is 0.000618. The Morgan fingerprint density at radius 2 is 1.67 bits per heavy atom. The molecule has 0 fully saturated rings. The van der Waals surface area contributed by atoms with E-state index in [4.69, 9.17) is 4.98 Å². The number of pyridine rings is 1. The molecule has 43 heavy (non-hydrogen) atoms. The molecule has 3 aromatic heterocycles. The van der Waals surface area contributed by atoms with Crippen LogP contribution in [-0.4, -0.2) is 30.5 Å². The summed E-state index contributed by atoms with van der Waals surface area (Å²) in [6.07, 6.45) is 6.28. The van der Waals surface area contributed by atoms with Gasteiger partial charge in [-0.2, -0.15) is 0 Å². The van der Waals surface area contributed by atoms with Gasteiger partial charge in [-0.05, 0) is 59.5 Å². The van der Waals surface area contributed by atoms with Crippen LogP contribution in [0.3, 0.4) is 0 Å². The number of hydrogen-bond donors (Lipinski definition) is 0. The van der Waals surface area contributed by atoms with E-state index < -0.39 is 0 Å². The Morgan fingerprint density at radius 3 is 2.47 bits per heavy atom. The predicted molar refractivity (Wildman–Crippen MR) is 169 cm³/mol. The molecular weight excluding hydrogens is 556 g/mol. The van der Waals surface area contributed by atoms with E-state index in [9.17, 15) is 14.4 Å². The summed E-state index contributed by atoms with van der Waals surface area (Å²) >= 11 is 1.30. The van der Waals surface area contributed by atoms with Crippen LogP contribution in [0.1, 0.15) is 38.4 Å². The highest BCUT2D eigenvalue weighted by molar-refractivity contribution is 7.13. The lowest BCUT2D eigenvalue weighted by Gasteiger charge is -2.10. The van der Waals surface area contributed by atoms with Crippen molar-refractivity contribution in [2.45, 2.75) is 32.7 Å². The molecule has 0 spiro atoms.